The zero-order chi connectivity index (χ0) is 15.2. The van der Waals surface area contributed by atoms with Gasteiger partial charge in [-0.15, -0.1) is 0 Å². The van der Waals surface area contributed by atoms with Gasteiger partial charge in [0, 0.05) is 18.2 Å². The molecule has 0 unspecified atom stereocenters. The fraction of sp³-hybridized carbons (Fsp3) is 0.471. The van der Waals surface area contributed by atoms with Gasteiger partial charge in [0.05, 0.1) is 6.61 Å². The van der Waals surface area contributed by atoms with E-state index in [1.54, 1.807) is 17.0 Å². The quantitative estimate of drug-likeness (QED) is 0.785. The van der Waals surface area contributed by atoms with Gasteiger partial charge in [0.2, 0.25) is 0 Å². The summed E-state index contributed by atoms with van der Waals surface area (Å²) in [7, 11) is 0. The van der Waals surface area contributed by atoms with Crippen molar-refractivity contribution in [3.8, 4) is 5.75 Å². The minimum Gasteiger partial charge on any atom is -0.490 e. The molecule has 0 aromatic heterocycles. The number of hydrogen-bond donors (Lipinski definition) is 1. The molecule has 0 radical (unpaired) electrons. The molecule has 0 saturated heterocycles. The second-order valence-electron chi connectivity index (χ2n) is 5.57. The molecule has 1 N–H and O–H groups in total. The molecule has 0 spiro atoms. The van der Waals surface area contributed by atoms with E-state index in [2.05, 4.69) is 0 Å². The van der Waals surface area contributed by atoms with Crippen LogP contribution in [0.25, 0.3) is 0 Å². The fourth-order valence-corrected chi connectivity index (χ4v) is 2.13. The van der Waals surface area contributed by atoms with Crippen molar-refractivity contribution in [1.29, 1.82) is 0 Å². The molecule has 1 aliphatic carbocycles. The molecule has 0 heterocycles. The molecular formula is C17H23NO3. The zero-order valence-corrected chi connectivity index (χ0v) is 12.7. The normalized spacial score (nSPS) is 13.7. The van der Waals surface area contributed by atoms with Gasteiger partial charge in [-0.25, -0.2) is 0 Å². The largest absolute Gasteiger partial charge is 0.490 e. The summed E-state index contributed by atoms with van der Waals surface area (Å²) >= 11 is 0. The molecule has 1 fully saturated rings. The third-order valence-electron chi connectivity index (χ3n) is 3.41. The molecule has 1 aromatic rings. The standard InChI is InChI=1S/C17H23NO3/c1-13(2)8-11-21-16-5-3-4-14(12-16)17(20)18(9-10-19)15-6-7-15/h3-5,8,12,15,19H,6-7,9-11H2,1-2H3. The molecule has 21 heavy (non-hydrogen) atoms. The lowest BCUT2D eigenvalue weighted by atomic mass is 10.2. The maximum Gasteiger partial charge on any atom is 0.254 e. The molecule has 4 heteroatoms. The van der Waals surface area contributed by atoms with Gasteiger partial charge in [-0.05, 0) is 51.0 Å². The van der Waals surface area contributed by atoms with E-state index < -0.39 is 0 Å². The van der Waals surface area contributed by atoms with Crippen LogP contribution in [0.4, 0.5) is 0 Å². The predicted octanol–water partition coefficient (Wildman–Crippen LogP) is 2.63. The summed E-state index contributed by atoms with van der Waals surface area (Å²) in [6.45, 7) is 4.94. The highest BCUT2D eigenvalue weighted by molar-refractivity contribution is 5.95. The molecule has 0 bridgehead atoms. The van der Waals surface area contributed by atoms with Crippen molar-refractivity contribution in [2.45, 2.75) is 32.7 Å². The Morgan fingerprint density at radius 2 is 2.19 bits per heavy atom. The zero-order valence-electron chi connectivity index (χ0n) is 12.7. The van der Waals surface area contributed by atoms with E-state index >= 15 is 0 Å². The van der Waals surface area contributed by atoms with Crippen molar-refractivity contribution in [2.75, 3.05) is 19.8 Å². The summed E-state index contributed by atoms with van der Waals surface area (Å²) in [5, 5.41) is 9.11. The molecule has 1 amide bonds. The first-order valence-corrected chi connectivity index (χ1v) is 7.40. The van der Waals surface area contributed by atoms with E-state index in [0.717, 1.165) is 12.8 Å². The number of aliphatic hydroxyl groups excluding tert-OH is 1. The van der Waals surface area contributed by atoms with E-state index in [1.807, 2.05) is 32.1 Å². The summed E-state index contributed by atoms with van der Waals surface area (Å²) in [5.41, 5.74) is 1.81. The van der Waals surface area contributed by atoms with Crippen LogP contribution in [0, 0.1) is 0 Å². The van der Waals surface area contributed by atoms with E-state index in [4.69, 9.17) is 9.84 Å². The summed E-state index contributed by atoms with van der Waals surface area (Å²) < 4.78 is 5.63. The number of allylic oxidation sites excluding steroid dienone is 1. The summed E-state index contributed by atoms with van der Waals surface area (Å²) in [6, 6.07) is 7.54. The Morgan fingerprint density at radius 3 is 2.81 bits per heavy atom. The van der Waals surface area contributed by atoms with Crippen LogP contribution in [0.5, 0.6) is 5.75 Å². The summed E-state index contributed by atoms with van der Waals surface area (Å²) in [4.78, 5) is 14.3. The molecule has 4 nitrogen and oxygen atoms in total. The Labute approximate surface area is 126 Å². The SMILES string of the molecule is CC(C)=CCOc1cccc(C(=O)N(CCO)C2CC2)c1. The predicted molar refractivity (Wildman–Crippen MR) is 82.5 cm³/mol. The molecule has 1 aromatic carbocycles. The smallest absolute Gasteiger partial charge is 0.254 e. The molecule has 1 aliphatic rings. The topological polar surface area (TPSA) is 49.8 Å². The Bertz CT molecular complexity index is 517. The minimum absolute atomic E-state index is 0.000990. The lowest BCUT2D eigenvalue weighted by Crippen LogP contribution is -2.35. The van der Waals surface area contributed by atoms with Gasteiger partial charge in [0.15, 0.2) is 0 Å². The Hall–Kier alpha value is -1.81. The second-order valence-corrected chi connectivity index (χ2v) is 5.57. The highest BCUT2D eigenvalue weighted by atomic mass is 16.5. The van der Waals surface area contributed by atoms with Crippen LogP contribution < -0.4 is 4.74 Å². The van der Waals surface area contributed by atoms with Crippen LogP contribution in [0.15, 0.2) is 35.9 Å². The van der Waals surface area contributed by atoms with Crippen molar-refractivity contribution in [1.82, 2.24) is 4.90 Å². The van der Waals surface area contributed by atoms with Crippen LogP contribution >= 0.6 is 0 Å². The molecule has 2 rings (SSSR count). The maximum absolute atomic E-state index is 12.5. The van der Waals surface area contributed by atoms with Crippen LogP contribution in [-0.2, 0) is 0 Å². The van der Waals surface area contributed by atoms with E-state index in [9.17, 15) is 4.79 Å². The highest BCUT2D eigenvalue weighted by Crippen LogP contribution is 2.28. The van der Waals surface area contributed by atoms with Crippen molar-refractivity contribution in [3.05, 3.63) is 41.5 Å². The number of amides is 1. The van der Waals surface area contributed by atoms with Crippen LogP contribution in [-0.4, -0.2) is 41.7 Å². The number of carbonyl (C=O) groups excluding carboxylic acids is 1. The van der Waals surface area contributed by atoms with Gasteiger partial charge >= 0.3 is 0 Å². The average Bonchev–Trinajstić information content (AvgIpc) is 3.28. The first kappa shape index (κ1) is 15.6. The number of hydrogen-bond acceptors (Lipinski definition) is 3. The average molecular weight is 289 g/mol. The number of nitrogens with zero attached hydrogens (tertiary/aromatic N) is 1. The Balaban J connectivity index is 2.05. The summed E-state index contributed by atoms with van der Waals surface area (Å²) in [5.74, 6) is 0.664. The van der Waals surface area contributed by atoms with Gasteiger partial charge in [-0.2, -0.15) is 0 Å². The van der Waals surface area contributed by atoms with Gasteiger partial charge < -0.3 is 14.7 Å². The first-order valence-electron chi connectivity index (χ1n) is 7.40. The van der Waals surface area contributed by atoms with E-state index in [-0.39, 0.29) is 12.5 Å². The fourth-order valence-electron chi connectivity index (χ4n) is 2.13. The summed E-state index contributed by atoms with van der Waals surface area (Å²) in [6.07, 6.45) is 4.06. The molecule has 114 valence electrons. The molecular weight excluding hydrogens is 266 g/mol. The lowest BCUT2D eigenvalue weighted by molar-refractivity contribution is 0.0707. The number of rotatable bonds is 7. The number of benzene rings is 1. The van der Waals surface area contributed by atoms with Gasteiger partial charge in [0.1, 0.15) is 12.4 Å². The molecule has 1 saturated carbocycles. The van der Waals surface area contributed by atoms with Crippen molar-refractivity contribution in [2.24, 2.45) is 0 Å². The second kappa shape index (κ2) is 7.27. The van der Waals surface area contributed by atoms with Crippen molar-refractivity contribution < 1.29 is 14.6 Å². The first-order chi connectivity index (χ1) is 10.1. The maximum atomic E-state index is 12.5. The van der Waals surface area contributed by atoms with Crippen molar-refractivity contribution >= 4 is 5.91 Å². The van der Waals surface area contributed by atoms with Crippen LogP contribution in [0.2, 0.25) is 0 Å². The van der Waals surface area contributed by atoms with Gasteiger partial charge in [0.25, 0.3) is 5.91 Å². The molecule has 0 aliphatic heterocycles. The number of aliphatic hydroxyl groups is 1. The Morgan fingerprint density at radius 1 is 1.43 bits per heavy atom. The van der Waals surface area contributed by atoms with Crippen LogP contribution in [0.1, 0.15) is 37.0 Å². The van der Waals surface area contributed by atoms with Gasteiger partial charge in [-0.3, -0.25) is 4.79 Å². The van der Waals surface area contributed by atoms with Crippen molar-refractivity contribution in [3.63, 3.8) is 0 Å². The third kappa shape index (κ3) is 4.60. The monoisotopic (exact) mass is 289 g/mol. The third-order valence-corrected chi connectivity index (χ3v) is 3.41. The van der Waals surface area contributed by atoms with E-state index in [1.165, 1.54) is 5.57 Å². The highest BCUT2D eigenvalue weighted by Gasteiger charge is 2.32. The lowest BCUT2D eigenvalue weighted by Gasteiger charge is -2.21. The van der Waals surface area contributed by atoms with Crippen LogP contribution in [0.3, 0.4) is 0 Å². The van der Waals surface area contributed by atoms with Gasteiger partial charge in [-0.1, -0.05) is 11.6 Å². The number of carbonyl (C=O) groups is 1. The van der Waals surface area contributed by atoms with E-state index in [0.29, 0.717) is 30.5 Å². The Kier molecular flexibility index (Phi) is 5.39. The minimum atomic E-state index is -0.0285. The number of ether oxygens (including phenoxy) is 1. The molecule has 0 atom stereocenters.